The summed E-state index contributed by atoms with van der Waals surface area (Å²) in [4.78, 5) is 23.3. The zero-order valence-electron chi connectivity index (χ0n) is 8.40. The van der Waals surface area contributed by atoms with E-state index in [1.165, 1.54) is 12.0 Å². The van der Waals surface area contributed by atoms with Gasteiger partial charge in [-0.25, -0.2) is 4.79 Å². The minimum atomic E-state index is -0.916. The van der Waals surface area contributed by atoms with Crippen LogP contribution >= 0.6 is 0 Å². The van der Waals surface area contributed by atoms with Crippen LogP contribution in [0.1, 0.15) is 19.8 Å². The van der Waals surface area contributed by atoms with Gasteiger partial charge in [-0.2, -0.15) is 0 Å². The Balaban J connectivity index is 2.55. The molecule has 0 aromatic heterocycles. The van der Waals surface area contributed by atoms with E-state index in [0.29, 0.717) is 19.4 Å². The van der Waals surface area contributed by atoms with Gasteiger partial charge >= 0.3 is 12.1 Å². The number of nitrogens with zero attached hydrogens (tertiary/aromatic N) is 1. The van der Waals surface area contributed by atoms with E-state index < -0.39 is 6.09 Å². The normalized spacial score (nSPS) is 27.1. The average molecular weight is 201 g/mol. The van der Waals surface area contributed by atoms with Gasteiger partial charge in [0.15, 0.2) is 0 Å². The number of ether oxygens (including phenoxy) is 1. The summed E-state index contributed by atoms with van der Waals surface area (Å²) in [6.07, 6.45) is 0.197. The number of piperidine rings is 1. The van der Waals surface area contributed by atoms with Crippen molar-refractivity contribution in [2.75, 3.05) is 13.7 Å². The molecule has 1 rings (SSSR count). The summed E-state index contributed by atoms with van der Waals surface area (Å²) in [5.41, 5.74) is 0. The maximum absolute atomic E-state index is 11.2. The van der Waals surface area contributed by atoms with Crippen LogP contribution in [0.2, 0.25) is 0 Å². The number of hydrogen-bond acceptors (Lipinski definition) is 3. The van der Waals surface area contributed by atoms with Crippen LogP contribution in [0, 0.1) is 5.92 Å². The lowest BCUT2D eigenvalue weighted by Crippen LogP contribution is -2.45. The third-order valence-electron chi connectivity index (χ3n) is 2.66. The van der Waals surface area contributed by atoms with Crippen LogP contribution in [0.3, 0.4) is 0 Å². The van der Waals surface area contributed by atoms with E-state index in [1.54, 1.807) is 0 Å². The molecule has 2 atom stereocenters. The van der Waals surface area contributed by atoms with Crippen molar-refractivity contribution in [3.05, 3.63) is 0 Å². The van der Waals surface area contributed by atoms with Crippen LogP contribution in [-0.2, 0) is 9.53 Å². The Morgan fingerprint density at radius 3 is 2.57 bits per heavy atom. The van der Waals surface area contributed by atoms with Gasteiger partial charge in [-0.05, 0) is 19.8 Å². The lowest BCUT2D eigenvalue weighted by molar-refractivity contribution is -0.147. The Labute approximate surface area is 82.6 Å². The lowest BCUT2D eigenvalue weighted by atomic mass is 9.92. The molecular weight excluding hydrogens is 186 g/mol. The first-order valence-corrected chi connectivity index (χ1v) is 4.63. The topological polar surface area (TPSA) is 66.8 Å². The predicted octanol–water partition coefficient (Wildman–Crippen LogP) is 0.938. The fourth-order valence-corrected chi connectivity index (χ4v) is 1.84. The van der Waals surface area contributed by atoms with Gasteiger partial charge in [0.1, 0.15) is 0 Å². The predicted molar refractivity (Wildman–Crippen MR) is 48.9 cm³/mol. The molecule has 1 fully saturated rings. The second kappa shape index (κ2) is 4.30. The zero-order valence-corrected chi connectivity index (χ0v) is 8.40. The molecule has 5 heteroatoms. The highest BCUT2D eigenvalue weighted by molar-refractivity contribution is 5.73. The van der Waals surface area contributed by atoms with E-state index in [4.69, 9.17) is 5.11 Å². The highest BCUT2D eigenvalue weighted by Crippen LogP contribution is 2.23. The molecule has 14 heavy (non-hydrogen) atoms. The van der Waals surface area contributed by atoms with Crippen LogP contribution in [0.5, 0.6) is 0 Å². The zero-order chi connectivity index (χ0) is 10.7. The highest BCUT2D eigenvalue weighted by atomic mass is 16.5. The van der Waals surface area contributed by atoms with E-state index in [0.717, 1.165) is 0 Å². The average Bonchev–Trinajstić information content (AvgIpc) is 2.15. The van der Waals surface area contributed by atoms with Crippen molar-refractivity contribution in [3.8, 4) is 0 Å². The summed E-state index contributed by atoms with van der Waals surface area (Å²) < 4.78 is 4.63. The number of carbonyl (C=O) groups excluding carboxylic acids is 1. The number of likely N-dealkylation sites (tertiary alicyclic amines) is 1. The fourth-order valence-electron chi connectivity index (χ4n) is 1.84. The number of rotatable bonds is 1. The van der Waals surface area contributed by atoms with Crippen molar-refractivity contribution in [3.63, 3.8) is 0 Å². The fraction of sp³-hybridized carbons (Fsp3) is 0.778. The minimum Gasteiger partial charge on any atom is -0.469 e. The third kappa shape index (κ3) is 2.16. The largest absolute Gasteiger partial charge is 0.469 e. The number of amides is 1. The van der Waals surface area contributed by atoms with E-state index in [1.807, 2.05) is 6.92 Å². The molecule has 1 heterocycles. The van der Waals surface area contributed by atoms with E-state index in [2.05, 4.69) is 4.74 Å². The summed E-state index contributed by atoms with van der Waals surface area (Å²) in [7, 11) is 1.36. The van der Waals surface area contributed by atoms with Crippen LogP contribution < -0.4 is 0 Å². The maximum Gasteiger partial charge on any atom is 0.407 e. The Bertz CT molecular complexity index is 241. The monoisotopic (exact) mass is 201 g/mol. The van der Waals surface area contributed by atoms with E-state index >= 15 is 0 Å². The second-order valence-electron chi connectivity index (χ2n) is 3.57. The molecule has 1 saturated heterocycles. The summed E-state index contributed by atoms with van der Waals surface area (Å²) >= 11 is 0. The first-order chi connectivity index (χ1) is 6.56. The smallest absolute Gasteiger partial charge is 0.407 e. The summed E-state index contributed by atoms with van der Waals surface area (Å²) in [6, 6.07) is -0.106. The maximum atomic E-state index is 11.2. The molecule has 5 nitrogen and oxygen atoms in total. The number of esters is 1. The van der Waals surface area contributed by atoms with Crippen LogP contribution in [0.15, 0.2) is 0 Å². The molecule has 0 radical (unpaired) electrons. The van der Waals surface area contributed by atoms with Crippen LogP contribution in [-0.4, -0.2) is 41.8 Å². The number of methoxy groups -OCH3 is 1. The molecule has 0 bridgehead atoms. The molecule has 0 unspecified atom stereocenters. The van der Waals surface area contributed by atoms with Crippen molar-refractivity contribution in [2.24, 2.45) is 5.92 Å². The quantitative estimate of drug-likeness (QED) is 0.641. The first kappa shape index (κ1) is 10.8. The summed E-state index contributed by atoms with van der Waals surface area (Å²) in [6.45, 7) is 2.22. The van der Waals surface area contributed by atoms with Gasteiger partial charge in [0.2, 0.25) is 0 Å². The van der Waals surface area contributed by atoms with Gasteiger partial charge in [-0.3, -0.25) is 4.79 Å². The molecule has 0 aromatic rings. The molecule has 0 aromatic carbocycles. The highest BCUT2D eigenvalue weighted by Gasteiger charge is 2.32. The Hall–Kier alpha value is -1.26. The van der Waals surface area contributed by atoms with Crippen LogP contribution in [0.25, 0.3) is 0 Å². The van der Waals surface area contributed by atoms with Gasteiger partial charge in [-0.1, -0.05) is 0 Å². The molecule has 1 amide bonds. The van der Waals surface area contributed by atoms with Gasteiger partial charge < -0.3 is 14.7 Å². The molecule has 1 aliphatic rings. The van der Waals surface area contributed by atoms with Gasteiger partial charge in [0, 0.05) is 12.6 Å². The van der Waals surface area contributed by atoms with E-state index in [-0.39, 0.29) is 17.9 Å². The lowest BCUT2D eigenvalue weighted by Gasteiger charge is -2.34. The SMILES string of the molecule is COC(=O)[C@@H]1CCN(C(=O)O)[C@H](C)C1. The van der Waals surface area contributed by atoms with Crippen molar-refractivity contribution in [2.45, 2.75) is 25.8 Å². The Kier molecular flexibility index (Phi) is 3.33. The molecule has 1 N–H and O–H groups in total. The van der Waals surface area contributed by atoms with Crippen molar-refractivity contribution in [1.82, 2.24) is 4.90 Å². The number of carbonyl (C=O) groups is 2. The van der Waals surface area contributed by atoms with Gasteiger partial charge in [-0.15, -0.1) is 0 Å². The molecule has 0 spiro atoms. The summed E-state index contributed by atoms with van der Waals surface area (Å²) in [5, 5.41) is 8.80. The molecule has 0 aliphatic carbocycles. The van der Waals surface area contributed by atoms with Crippen molar-refractivity contribution < 1.29 is 19.4 Å². The van der Waals surface area contributed by atoms with Crippen LogP contribution in [0.4, 0.5) is 4.79 Å². The first-order valence-electron chi connectivity index (χ1n) is 4.63. The Morgan fingerprint density at radius 1 is 1.50 bits per heavy atom. The Morgan fingerprint density at radius 2 is 2.14 bits per heavy atom. The number of hydrogen-bond donors (Lipinski definition) is 1. The van der Waals surface area contributed by atoms with Crippen molar-refractivity contribution in [1.29, 1.82) is 0 Å². The minimum absolute atomic E-state index is 0.106. The molecule has 80 valence electrons. The standard InChI is InChI=1S/C9H15NO4/c1-6-5-7(8(11)14-2)3-4-10(6)9(12)13/h6-7H,3-5H2,1-2H3,(H,12,13)/t6-,7-/m1/s1. The molecule has 0 saturated carbocycles. The van der Waals surface area contributed by atoms with E-state index in [9.17, 15) is 9.59 Å². The third-order valence-corrected chi connectivity index (χ3v) is 2.66. The number of carboxylic acid groups (broad SMARTS) is 1. The van der Waals surface area contributed by atoms with Gasteiger partial charge in [0.25, 0.3) is 0 Å². The molecule has 1 aliphatic heterocycles. The molecular formula is C9H15NO4. The van der Waals surface area contributed by atoms with Gasteiger partial charge in [0.05, 0.1) is 13.0 Å². The summed E-state index contributed by atoms with van der Waals surface area (Å²) in [5.74, 6) is -0.382. The second-order valence-corrected chi connectivity index (χ2v) is 3.57. The van der Waals surface area contributed by atoms with Crippen molar-refractivity contribution >= 4 is 12.1 Å².